The molecule has 4 rings (SSSR count). The standard InChI is InChI=1S/C17H20N6O/c24-16(18-10-15-19-11-20-23-15)17(7-3-4-8-17)9-14-21-12-5-1-2-6-13(12)22-14/h1-2,5-6,11H,3-4,7-10H2,(H,18,24)(H,21,22)(H,19,20,23). The van der Waals surface area contributed by atoms with E-state index in [4.69, 9.17) is 0 Å². The molecule has 1 saturated carbocycles. The number of nitrogens with one attached hydrogen (secondary N) is 3. The second kappa shape index (κ2) is 6.07. The molecular formula is C17H20N6O. The van der Waals surface area contributed by atoms with Crippen molar-refractivity contribution in [3.05, 3.63) is 42.2 Å². The summed E-state index contributed by atoms with van der Waals surface area (Å²) in [7, 11) is 0. The molecule has 1 aliphatic rings. The smallest absolute Gasteiger partial charge is 0.227 e. The highest BCUT2D eigenvalue weighted by atomic mass is 16.2. The molecule has 124 valence electrons. The van der Waals surface area contributed by atoms with E-state index in [9.17, 15) is 4.79 Å². The molecule has 0 spiro atoms. The minimum Gasteiger partial charge on any atom is -0.348 e. The minimum absolute atomic E-state index is 0.0804. The van der Waals surface area contributed by atoms with Gasteiger partial charge in [0.05, 0.1) is 23.0 Å². The van der Waals surface area contributed by atoms with E-state index in [1.165, 1.54) is 6.33 Å². The predicted molar refractivity (Wildman–Crippen MR) is 88.9 cm³/mol. The molecule has 2 aromatic heterocycles. The number of carbonyl (C=O) groups excluding carboxylic acids is 1. The number of imidazole rings is 1. The van der Waals surface area contributed by atoms with E-state index in [2.05, 4.69) is 30.5 Å². The van der Waals surface area contributed by atoms with Gasteiger partial charge in [-0.15, -0.1) is 0 Å². The van der Waals surface area contributed by atoms with Crippen LogP contribution in [-0.2, 0) is 17.8 Å². The number of benzene rings is 1. The third kappa shape index (κ3) is 2.77. The van der Waals surface area contributed by atoms with Gasteiger partial charge in [-0.25, -0.2) is 9.97 Å². The number of carbonyl (C=O) groups is 1. The zero-order chi connectivity index (χ0) is 16.4. The van der Waals surface area contributed by atoms with Crippen LogP contribution in [0.4, 0.5) is 0 Å². The Hall–Kier alpha value is -2.70. The van der Waals surface area contributed by atoms with Crippen LogP contribution in [0.15, 0.2) is 30.6 Å². The monoisotopic (exact) mass is 324 g/mol. The second-order valence-corrected chi connectivity index (χ2v) is 6.48. The number of para-hydroxylation sites is 2. The lowest BCUT2D eigenvalue weighted by molar-refractivity contribution is -0.131. The lowest BCUT2D eigenvalue weighted by atomic mass is 9.81. The van der Waals surface area contributed by atoms with E-state index >= 15 is 0 Å². The highest BCUT2D eigenvalue weighted by Crippen LogP contribution is 2.41. The Balaban J connectivity index is 1.52. The van der Waals surface area contributed by atoms with Crippen LogP contribution in [-0.4, -0.2) is 31.1 Å². The summed E-state index contributed by atoms with van der Waals surface area (Å²) in [6, 6.07) is 7.96. The van der Waals surface area contributed by atoms with Crippen LogP contribution in [0.3, 0.4) is 0 Å². The number of H-pyrrole nitrogens is 2. The van der Waals surface area contributed by atoms with E-state index in [-0.39, 0.29) is 11.3 Å². The summed E-state index contributed by atoms with van der Waals surface area (Å²) in [4.78, 5) is 24.9. The number of hydrogen-bond acceptors (Lipinski definition) is 4. The molecule has 0 bridgehead atoms. The molecule has 7 heteroatoms. The summed E-state index contributed by atoms with van der Waals surface area (Å²) in [5.74, 6) is 1.63. The number of aromatic amines is 2. The predicted octanol–water partition coefficient (Wildman–Crippen LogP) is 2.10. The average Bonchev–Trinajstić information content (AvgIpc) is 3.33. The van der Waals surface area contributed by atoms with Gasteiger partial charge in [-0.2, -0.15) is 5.10 Å². The Morgan fingerprint density at radius 3 is 2.79 bits per heavy atom. The maximum absolute atomic E-state index is 12.9. The number of amides is 1. The Morgan fingerprint density at radius 2 is 2.04 bits per heavy atom. The van der Waals surface area contributed by atoms with Crippen LogP contribution in [0, 0.1) is 5.41 Å². The van der Waals surface area contributed by atoms with Gasteiger partial charge in [0.15, 0.2) is 0 Å². The van der Waals surface area contributed by atoms with Crippen molar-refractivity contribution < 1.29 is 4.79 Å². The third-order valence-electron chi connectivity index (χ3n) is 4.87. The van der Waals surface area contributed by atoms with E-state index < -0.39 is 0 Å². The van der Waals surface area contributed by atoms with Gasteiger partial charge >= 0.3 is 0 Å². The van der Waals surface area contributed by atoms with E-state index in [1.54, 1.807) is 0 Å². The normalized spacial score (nSPS) is 16.5. The van der Waals surface area contributed by atoms with E-state index in [0.717, 1.165) is 42.5 Å². The van der Waals surface area contributed by atoms with Crippen LogP contribution < -0.4 is 5.32 Å². The molecule has 24 heavy (non-hydrogen) atoms. The van der Waals surface area contributed by atoms with Gasteiger partial charge < -0.3 is 10.3 Å². The molecular weight excluding hydrogens is 304 g/mol. The van der Waals surface area contributed by atoms with Crippen molar-refractivity contribution in [2.24, 2.45) is 5.41 Å². The topological polar surface area (TPSA) is 99.3 Å². The fourth-order valence-corrected chi connectivity index (χ4v) is 3.61. The van der Waals surface area contributed by atoms with Crippen molar-refractivity contribution >= 4 is 16.9 Å². The molecule has 1 amide bonds. The van der Waals surface area contributed by atoms with Gasteiger partial charge in [0, 0.05) is 6.42 Å². The molecule has 3 aromatic rings. The van der Waals surface area contributed by atoms with Crippen molar-refractivity contribution in [2.75, 3.05) is 0 Å². The van der Waals surface area contributed by atoms with Crippen molar-refractivity contribution in [2.45, 2.75) is 38.6 Å². The highest BCUT2D eigenvalue weighted by molar-refractivity contribution is 5.83. The lowest BCUT2D eigenvalue weighted by Crippen LogP contribution is -2.40. The van der Waals surface area contributed by atoms with Crippen molar-refractivity contribution in [3.63, 3.8) is 0 Å². The molecule has 0 saturated heterocycles. The molecule has 1 fully saturated rings. The fourth-order valence-electron chi connectivity index (χ4n) is 3.61. The first-order chi connectivity index (χ1) is 11.8. The number of aromatic nitrogens is 5. The van der Waals surface area contributed by atoms with Crippen molar-refractivity contribution in [1.82, 2.24) is 30.5 Å². The van der Waals surface area contributed by atoms with Gasteiger partial charge in [-0.3, -0.25) is 9.89 Å². The molecule has 0 aliphatic heterocycles. The maximum atomic E-state index is 12.9. The molecule has 0 radical (unpaired) electrons. The quantitative estimate of drug-likeness (QED) is 0.669. The van der Waals surface area contributed by atoms with Gasteiger partial charge in [-0.05, 0) is 25.0 Å². The SMILES string of the molecule is O=C(NCc1ncn[nH]1)C1(Cc2nc3ccccc3[nH]2)CCCC1. The van der Waals surface area contributed by atoms with Gasteiger partial charge in [-0.1, -0.05) is 25.0 Å². The number of hydrogen-bond donors (Lipinski definition) is 3. The number of nitrogens with zero attached hydrogens (tertiary/aromatic N) is 3. The third-order valence-corrected chi connectivity index (χ3v) is 4.87. The molecule has 0 atom stereocenters. The highest BCUT2D eigenvalue weighted by Gasteiger charge is 2.41. The Kier molecular flexibility index (Phi) is 3.76. The van der Waals surface area contributed by atoms with Crippen LogP contribution in [0.25, 0.3) is 11.0 Å². The summed E-state index contributed by atoms with van der Waals surface area (Å²) in [6.45, 7) is 0.376. The number of rotatable bonds is 5. The first kappa shape index (κ1) is 14.9. The van der Waals surface area contributed by atoms with E-state index in [0.29, 0.717) is 18.8 Å². The molecule has 1 aromatic carbocycles. The fraction of sp³-hybridized carbons (Fsp3) is 0.412. The van der Waals surface area contributed by atoms with Crippen molar-refractivity contribution in [3.8, 4) is 0 Å². The molecule has 2 heterocycles. The van der Waals surface area contributed by atoms with Crippen LogP contribution >= 0.6 is 0 Å². The summed E-state index contributed by atoms with van der Waals surface area (Å²) in [5, 5.41) is 9.58. The minimum atomic E-state index is -0.381. The average molecular weight is 324 g/mol. The Bertz CT molecular complexity index is 799. The Morgan fingerprint density at radius 1 is 1.21 bits per heavy atom. The molecule has 3 N–H and O–H groups in total. The van der Waals surface area contributed by atoms with Crippen LogP contribution in [0.1, 0.15) is 37.3 Å². The van der Waals surface area contributed by atoms with E-state index in [1.807, 2.05) is 24.3 Å². The van der Waals surface area contributed by atoms with Crippen LogP contribution in [0.2, 0.25) is 0 Å². The molecule has 1 aliphatic carbocycles. The zero-order valence-electron chi connectivity index (χ0n) is 13.4. The first-order valence-corrected chi connectivity index (χ1v) is 8.31. The summed E-state index contributed by atoms with van der Waals surface area (Å²) in [6.07, 6.45) is 6.04. The number of fused-ring (bicyclic) bond motifs is 1. The first-order valence-electron chi connectivity index (χ1n) is 8.31. The maximum Gasteiger partial charge on any atom is 0.227 e. The zero-order valence-corrected chi connectivity index (χ0v) is 13.4. The van der Waals surface area contributed by atoms with Crippen LogP contribution in [0.5, 0.6) is 0 Å². The van der Waals surface area contributed by atoms with Gasteiger partial charge in [0.2, 0.25) is 5.91 Å². The van der Waals surface area contributed by atoms with Gasteiger partial charge in [0.1, 0.15) is 18.0 Å². The molecule has 7 nitrogen and oxygen atoms in total. The van der Waals surface area contributed by atoms with Crippen molar-refractivity contribution in [1.29, 1.82) is 0 Å². The molecule has 0 unspecified atom stereocenters. The summed E-state index contributed by atoms with van der Waals surface area (Å²) >= 11 is 0. The second-order valence-electron chi connectivity index (χ2n) is 6.48. The summed E-state index contributed by atoms with van der Waals surface area (Å²) in [5.41, 5.74) is 1.58. The summed E-state index contributed by atoms with van der Waals surface area (Å²) < 4.78 is 0. The Labute approximate surface area is 139 Å². The van der Waals surface area contributed by atoms with Gasteiger partial charge in [0.25, 0.3) is 0 Å². The lowest BCUT2D eigenvalue weighted by Gasteiger charge is -2.26. The largest absolute Gasteiger partial charge is 0.348 e.